The number of nitrogens with one attached hydrogen (secondary N) is 3. The number of rotatable bonds is 11. The molecule has 330 valence electrons. The van der Waals surface area contributed by atoms with Crippen molar-refractivity contribution in [1.82, 2.24) is 10.3 Å². The summed E-state index contributed by atoms with van der Waals surface area (Å²) in [5.74, 6) is -2.53. The summed E-state index contributed by atoms with van der Waals surface area (Å²) < 4.78 is 32.0. The van der Waals surface area contributed by atoms with Crippen LogP contribution in [-0.2, 0) is 30.2 Å². The minimum absolute atomic E-state index is 0.00237. The highest BCUT2D eigenvalue weighted by Gasteiger charge is 2.49. The van der Waals surface area contributed by atoms with Crippen LogP contribution in [0.5, 0.6) is 11.5 Å². The van der Waals surface area contributed by atoms with Gasteiger partial charge >= 0.3 is 0 Å². The fourth-order valence-electron chi connectivity index (χ4n) is 8.72. The maximum absolute atomic E-state index is 14.7. The van der Waals surface area contributed by atoms with Crippen molar-refractivity contribution in [2.45, 2.75) is 62.0 Å². The van der Waals surface area contributed by atoms with Crippen molar-refractivity contribution < 1.29 is 63.1 Å². The molecule has 9 rings (SSSR count). The summed E-state index contributed by atoms with van der Waals surface area (Å²) in [6.07, 6.45) is -6.12. The van der Waals surface area contributed by atoms with Crippen molar-refractivity contribution in [1.29, 1.82) is 5.41 Å². The molecule has 1 aromatic heterocycles. The monoisotopic (exact) mass is 874 g/mol. The molecule has 5 heterocycles. The minimum Gasteiger partial charge on any atom is -0.486 e. The van der Waals surface area contributed by atoms with E-state index >= 15 is 0 Å². The van der Waals surface area contributed by atoms with Gasteiger partial charge in [-0.2, -0.15) is 4.99 Å². The second kappa shape index (κ2) is 17.9. The summed E-state index contributed by atoms with van der Waals surface area (Å²) in [5, 5.41) is 44.5. The number of anilines is 1. The molecule has 1 fully saturated rings. The van der Waals surface area contributed by atoms with Crippen LogP contribution in [0.15, 0.2) is 82.9 Å². The number of ketones is 2. The van der Waals surface area contributed by atoms with Crippen LogP contribution in [-0.4, -0.2) is 131 Å². The number of nitrogens with two attached hydrogens (primary N) is 1. The maximum Gasteiger partial charge on any atom is 0.284 e. The third-order valence-corrected chi connectivity index (χ3v) is 11.8. The Morgan fingerprint density at radius 2 is 1.78 bits per heavy atom. The highest BCUT2D eigenvalue weighted by molar-refractivity contribution is 6.68. The standard InChI is InChI=1S/C45H43N7O12/c46-32-17-22(9-13-48-32)11-16-61-41-38(58)37(57)31-20-60-15-12-24(25-5-3-4-8-30(25)52-21-49-34-42(52)50-45(47)51-43(34)59)28-18-29-33(36(56)27-7-2-1-6-26(27)35(29)55)40(39(28)64-44(41)63-31)62-19-23(54)10-14-53/h1-9,13-14,17-18,23-24,31,37-38,41,44,54,57-58H,10-12,15-16,19-21H2,(H2,46,48)(H2,47,51,59)/p+1/t23-,24+,31+,37+,38-,41+,44-/m1/s1. The Labute approximate surface area is 365 Å². The molecule has 0 saturated carbocycles. The van der Waals surface area contributed by atoms with Crippen LogP contribution < -0.4 is 25.4 Å². The lowest BCUT2D eigenvalue weighted by molar-refractivity contribution is -0.723. The number of aliphatic imine (C=N–C) groups is 2. The van der Waals surface area contributed by atoms with Gasteiger partial charge in [-0.1, -0.05) is 42.5 Å². The number of quaternary nitrogens is 1. The zero-order chi connectivity index (χ0) is 44.6. The molecule has 0 spiro atoms. The average molecular weight is 875 g/mol. The number of aliphatic hydroxyl groups excluding tert-OH is 3. The lowest BCUT2D eigenvalue weighted by Gasteiger charge is -2.42. The number of nitrogens with zero attached hydrogens (tertiary/aromatic N) is 3. The molecular weight excluding hydrogens is 831 g/mol. The average Bonchev–Trinajstić information content (AvgIpc) is 3.70. The SMILES string of the molecule is N=C1N=C2C(=NC[NH+]2c2ccccc2[C@@H]2CCOC[C@@H]3O[C@H](Oc4c2cc2c(c4OC[C@H](O)CC=O)C(=O)c4ccccc4C2=O)[C@@H](OCCc2ccnc(N)c2)[C@H](O)[C@H]3O)C(=O)N1. The van der Waals surface area contributed by atoms with Gasteiger partial charge in [0.05, 0.1) is 24.9 Å². The molecule has 8 atom stereocenters. The summed E-state index contributed by atoms with van der Waals surface area (Å²) in [6, 6.07) is 18.6. The van der Waals surface area contributed by atoms with Crippen LogP contribution in [0.3, 0.4) is 0 Å². The van der Waals surface area contributed by atoms with E-state index in [2.05, 4.69) is 20.3 Å². The summed E-state index contributed by atoms with van der Waals surface area (Å²) in [4.78, 5) is 67.0. The van der Waals surface area contributed by atoms with Crippen LogP contribution in [0.25, 0.3) is 0 Å². The Bertz CT molecular complexity index is 2620. The molecule has 1 amide bonds. The molecule has 1 saturated heterocycles. The Morgan fingerprint density at radius 3 is 2.58 bits per heavy atom. The minimum atomic E-state index is -1.58. The lowest BCUT2D eigenvalue weighted by atomic mass is 9.79. The quantitative estimate of drug-likeness (QED) is 0.0872. The predicted octanol–water partition coefficient (Wildman–Crippen LogP) is 0.165. The highest BCUT2D eigenvalue weighted by atomic mass is 16.7. The van der Waals surface area contributed by atoms with Crippen LogP contribution in [0, 0.1) is 5.41 Å². The number of guanidine groups is 1. The topological polar surface area (TPSA) is 279 Å². The van der Waals surface area contributed by atoms with Gasteiger partial charge in [0.1, 0.15) is 48.8 Å². The molecule has 4 aromatic rings. The van der Waals surface area contributed by atoms with Crippen LogP contribution in [0.2, 0.25) is 0 Å². The van der Waals surface area contributed by atoms with Gasteiger partial charge in [0.15, 0.2) is 29.7 Å². The molecule has 4 aliphatic heterocycles. The first-order chi connectivity index (χ1) is 31.0. The molecule has 5 aliphatic rings. The van der Waals surface area contributed by atoms with Crippen molar-refractivity contribution in [3.8, 4) is 11.5 Å². The van der Waals surface area contributed by atoms with Gasteiger partial charge in [0.25, 0.3) is 11.7 Å². The predicted molar refractivity (Wildman–Crippen MR) is 225 cm³/mol. The van der Waals surface area contributed by atoms with E-state index in [0.29, 0.717) is 40.2 Å². The van der Waals surface area contributed by atoms with Crippen molar-refractivity contribution >= 4 is 52.8 Å². The smallest absolute Gasteiger partial charge is 0.284 e. The summed E-state index contributed by atoms with van der Waals surface area (Å²) >= 11 is 0. The molecule has 1 unspecified atom stereocenters. The van der Waals surface area contributed by atoms with Crippen molar-refractivity contribution in [3.05, 3.63) is 112 Å². The van der Waals surface area contributed by atoms with Gasteiger partial charge < -0.3 is 49.5 Å². The number of nitrogen functional groups attached to an aromatic ring is 1. The second-order valence-corrected chi connectivity index (χ2v) is 15.8. The van der Waals surface area contributed by atoms with E-state index in [4.69, 9.17) is 34.8 Å². The van der Waals surface area contributed by atoms with E-state index in [1.807, 2.05) is 12.1 Å². The summed E-state index contributed by atoms with van der Waals surface area (Å²) in [7, 11) is 0. The zero-order valence-corrected chi connectivity index (χ0v) is 34.1. The molecule has 19 nitrogen and oxygen atoms in total. The largest absolute Gasteiger partial charge is 0.486 e. The number of aldehydes is 1. The van der Waals surface area contributed by atoms with Gasteiger partial charge in [-0.3, -0.25) is 25.1 Å². The van der Waals surface area contributed by atoms with E-state index in [1.54, 1.807) is 54.7 Å². The number of carbonyl (C=O) groups is 4. The van der Waals surface area contributed by atoms with E-state index < -0.39 is 66.8 Å². The number of aromatic nitrogens is 1. The second-order valence-electron chi connectivity index (χ2n) is 15.8. The Balaban J connectivity index is 1.23. The number of ether oxygens (including phenoxy) is 5. The Kier molecular flexibility index (Phi) is 11.9. The zero-order valence-electron chi connectivity index (χ0n) is 34.1. The van der Waals surface area contributed by atoms with E-state index in [9.17, 15) is 34.5 Å². The molecule has 0 radical (unpaired) electrons. The molecule has 1 aliphatic carbocycles. The van der Waals surface area contributed by atoms with Crippen molar-refractivity contribution in [3.63, 3.8) is 0 Å². The van der Waals surface area contributed by atoms with Gasteiger partial charge in [-0.05, 0) is 42.7 Å². The molecule has 3 aromatic carbocycles. The fraction of sp³-hybridized carbons (Fsp3) is 0.333. The van der Waals surface area contributed by atoms with E-state index in [-0.39, 0.29) is 90.6 Å². The number of hydrogen-bond acceptors (Lipinski definition) is 16. The fourth-order valence-corrected chi connectivity index (χ4v) is 8.72. The van der Waals surface area contributed by atoms with E-state index in [1.165, 1.54) is 6.07 Å². The molecule has 19 heteroatoms. The van der Waals surface area contributed by atoms with Gasteiger partial charge in [-0.15, -0.1) is 0 Å². The van der Waals surface area contributed by atoms with E-state index in [0.717, 1.165) is 5.56 Å². The number of amides is 1. The molecule has 8 N–H and O–H groups in total. The highest BCUT2D eigenvalue weighted by Crippen LogP contribution is 2.49. The third-order valence-electron chi connectivity index (χ3n) is 11.8. The normalized spacial score (nSPS) is 25.5. The maximum atomic E-state index is 14.7. The molecular formula is C45H44N7O12+. The van der Waals surface area contributed by atoms with Crippen LogP contribution in [0.1, 0.15) is 67.3 Å². The summed E-state index contributed by atoms with van der Waals surface area (Å²) in [6.45, 7) is -0.587. The number of fused-ring (bicyclic) bond motifs is 6. The summed E-state index contributed by atoms with van der Waals surface area (Å²) in [5.41, 5.74) is 8.40. The Hall–Kier alpha value is -6.58. The number of benzene rings is 3. The third kappa shape index (κ3) is 7.98. The number of carbonyl (C=O) groups excluding carboxylic acids is 4. The number of aliphatic hydroxyl groups is 3. The molecule has 2 bridgehead atoms. The van der Waals surface area contributed by atoms with Gasteiger partial charge in [-0.25, -0.2) is 14.9 Å². The first-order valence-electron chi connectivity index (χ1n) is 20.7. The van der Waals surface area contributed by atoms with Crippen molar-refractivity contribution in [2.75, 3.05) is 38.8 Å². The first-order valence-corrected chi connectivity index (χ1v) is 20.7. The number of pyridine rings is 1. The lowest BCUT2D eigenvalue weighted by Crippen LogP contribution is -3.09. The van der Waals surface area contributed by atoms with Crippen LogP contribution >= 0.6 is 0 Å². The Morgan fingerprint density at radius 1 is 1.00 bits per heavy atom. The van der Waals surface area contributed by atoms with Gasteiger partial charge in [0, 0.05) is 53.0 Å². The molecule has 64 heavy (non-hydrogen) atoms. The van der Waals surface area contributed by atoms with Crippen molar-refractivity contribution in [2.24, 2.45) is 9.98 Å². The van der Waals surface area contributed by atoms with Crippen LogP contribution in [0.4, 0.5) is 11.5 Å². The number of para-hydroxylation sites is 1. The van der Waals surface area contributed by atoms with Gasteiger partial charge in [0.2, 0.25) is 18.0 Å². The number of hydrogen-bond donors (Lipinski definition) is 7. The number of amidine groups is 1. The first kappa shape index (κ1) is 42.7.